The van der Waals surface area contributed by atoms with E-state index in [9.17, 15) is 9.59 Å². The molecule has 0 bridgehead atoms. The zero-order chi connectivity index (χ0) is 27.5. The Bertz CT molecular complexity index is 1120. The van der Waals surface area contributed by atoms with Crippen molar-refractivity contribution in [3.63, 3.8) is 0 Å². The molecule has 2 heterocycles. The first-order valence-electron chi connectivity index (χ1n) is 14.3. The van der Waals surface area contributed by atoms with E-state index >= 15 is 0 Å². The van der Waals surface area contributed by atoms with E-state index in [-0.39, 0.29) is 24.1 Å². The second kappa shape index (κ2) is 15.1. The summed E-state index contributed by atoms with van der Waals surface area (Å²) in [4.78, 5) is 25.6. The van der Waals surface area contributed by atoms with Crippen molar-refractivity contribution in [1.29, 1.82) is 0 Å². The maximum atomic E-state index is 13.2. The highest BCUT2D eigenvalue weighted by molar-refractivity contribution is 7.99. The molecule has 2 atom stereocenters. The molecule has 0 amide bonds. The fourth-order valence-corrected chi connectivity index (χ4v) is 5.75. The van der Waals surface area contributed by atoms with Crippen LogP contribution < -0.4 is 10.5 Å². The highest BCUT2D eigenvalue weighted by Gasteiger charge is 2.30. The molecule has 0 spiro atoms. The Morgan fingerprint density at radius 2 is 1.77 bits per heavy atom. The molecule has 2 aliphatic rings. The Labute approximate surface area is 236 Å². The van der Waals surface area contributed by atoms with Gasteiger partial charge in [-0.15, -0.1) is 0 Å². The maximum absolute atomic E-state index is 13.2. The Morgan fingerprint density at radius 1 is 1.05 bits per heavy atom. The molecule has 7 nitrogen and oxygen atoms in total. The van der Waals surface area contributed by atoms with Crippen LogP contribution in [0.2, 0.25) is 0 Å². The molecule has 0 aromatic heterocycles. The summed E-state index contributed by atoms with van der Waals surface area (Å²) in [7, 11) is 0. The highest BCUT2D eigenvalue weighted by Crippen LogP contribution is 2.32. The molecule has 2 aromatic carbocycles. The molecule has 0 aliphatic carbocycles. The number of carbonyl (C=O) groups excluding carboxylic acids is 2. The monoisotopic (exact) mass is 551 g/mol. The van der Waals surface area contributed by atoms with Crippen LogP contribution in [0.15, 0.2) is 47.6 Å². The van der Waals surface area contributed by atoms with E-state index in [1.54, 1.807) is 12.1 Å². The minimum atomic E-state index is -0.585. The average Bonchev–Trinajstić information content (AvgIpc) is 2.96. The molecule has 0 radical (unpaired) electrons. The normalized spacial score (nSPS) is 19.0. The number of ether oxygens (including phenoxy) is 2. The van der Waals surface area contributed by atoms with Gasteiger partial charge in [-0.2, -0.15) is 16.9 Å². The van der Waals surface area contributed by atoms with Crippen LogP contribution in [0.5, 0.6) is 5.75 Å². The largest absolute Gasteiger partial charge is 0.475 e. The minimum Gasteiger partial charge on any atom is -0.475 e. The van der Waals surface area contributed by atoms with E-state index in [4.69, 9.17) is 15.2 Å². The van der Waals surface area contributed by atoms with E-state index in [1.165, 1.54) is 25.7 Å². The first kappa shape index (κ1) is 29.2. The van der Waals surface area contributed by atoms with Crippen LogP contribution in [-0.4, -0.2) is 60.4 Å². The number of nitrogens with zero attached hydrogens (tertiary/aromatic N) is 2. The van der Waals surface area contributed by atoms with Gasteiger partial charge in [-0.05, 0) is 42.2 Å². The van der Waals surface area contributed by atoms with Crippen molar-refractivity contribution in [3.8, 4) is 5.75 Å². The Hall–Kier alpha value is -2.84. The third-order valence-electron chi connectivity index (χ3n) is 7.25. The lowest BCUT2D eigenvalue weighted by molar-refractivity contribution is -0.145. The van der Waals surface area contributed by atoms with E-state index in [2.05, 4.69) is 17.0 Å². The number of esters is 1. The summed E-state index contributed by atoms with van der Waals surface area (Å²) in [6.07, 6.45) is 8.90. The summed E-state index contributed by atoms with van der Waals surface area (Å²) in [5, 5.41) is 6.64. The summed E-state index contributed by atoms with van der Waals surface area (Å²) in [6, 6.07) is 12.9. The number of hydrogen-bond acceptors (Lipinski definition) is 8. The van der Waals surface area contributed by atoms with Crippen LogP contribution >= 0.6 is 11.8 Å². The summed E-state index contributed by atoms with van der Waals surface area (Å²) in [5.41, 5.74) is 9.28. The summed E-state index contributed by atoms with van der Waals surface area (Å²) in [5.74, 6) is 2.37. The van der Waals surface area contributed by atoms with Crippen LogP contribution in [0.25, 0.3) is 0 Å². The minimum absolute atomic E-state index is 0.0564. The summed E-state index contributed by atoms with van der Waals surface area (Å²) >= 11 is 1.95. The Morgan fingerprint density at radius 3 is 2.54 bits per heavy atom. The molecule has 2 aromatic rings. The SMILES string of the molecule is CCCCCCCCOC(=O)CC1Cc2cc(C(=O)c3ccc(C=NN4CCSCC4)cc3)ccc2OC1N. The van der Waals surface area contributed by atoms with Gasteiger partial charge in [-0.1, -0.05) is 63.3 Å². The number of benzene rings is 2. The van der Waals surface area contributed by atoms with E-state index < -0.39 is 6.23 Å². The molecule has 0 saturated carbocycles. The predicted molar refractivity (Wildman–Crippen MR) is 158 cm³/mol. The molecule has 2 N–H and O–H groups in total. The van der Waals surface area contributed by atoms with E-state index in [1.807, 2.05) is 48.3 Å². The van der Waals surface area contributed by atoms with Gasteiger partial charge < -0.3 is 9.47 Å². The zero-order valence-electron chi connectivity index (χ0n) is 23.0. The number of nitrogens with two attached hydrogens (primary N) is 1. The molecule has 2 unspecified atom stereocenters. The third-order valence-corrected chi connectivity index (χ3v) is 8.20. The van der Waals surface area contributed by atoms with Gasteiger partial charge in [0.1, 0.15) is 5.75 Å². The number of hydrogen-bond donors (Lipinski definition) is 1. The number of rotatable bonds is 13. The van der Waals surface area contributed by atoms with Crippen LogP contribution in [0.3, 0.4) is 0 Å². The fourth-order valence-electron chi connectivity index (χ4n) is 4.87. The molecule has 2 aliphatic heterocycles. The number of hydrazone groups is 1. The molecule has 210 valence electrons. The predicted octanol–water partition coefficient (Wildman–Crippen LogP) is 5.43. The number of carbonyl (C=O) groups is 2. The van der Waals surface area contributed by atoms with Crippen LogP contribution in [0.4, 0.5) is 0 Å². The van der Waals surface area contributed by atoms with Crippen molar-refractivity contribution in [2.24, 2.45) is 16.8 Å². The summed E-state index contributed by atoms with van der Waals surface area (Å²) < 4.78 is 11.3. The molecule has 1 saturated heterocycles. The van der Waals surface area contributed by atoms with Gasteiger partial charge in [0.05, 0.1) is 19.2 Å². The number of fused-ring (bicyclic) bond motifs is 1. The van der Waals surface area contributed by atoms with Gasteiger partial charge >= 0.3 is 5.97 Å². The van der Waals surface area contributed by atoms with Gasteiger partial charge in [0.25, 0.3) is 0 Å². The van der Waals surface area contributed by atoms with E-state index in [0.717, 1.165) is 48.6 Å². The van der Waals surface area contributed by atoms with Crippen molar-refractivity contribution >= 4 is 29.7 Å². The van der Waals surface area contributed by atoms with Crippen molar-refractivity contribution < 1.29 is 19.1 Å². The number of thioether (sulfide) groups is 1. The Kier molecular flexibility index (Phi) is 11.3. The van der Waals surface area contributed by atoms with Crippen molar-refractivity contribution in [1.82, 2.24) is 5.01 Å². The molecular weight excluding hydrogens is 510 g/mol. The van der Waals surface area contributed by atoms with Crippen LogP contribution in [-0.2, 0) is 16.0 Å². The molecule has 39 heavy (non-hydrogen) atoms. The zero-order valence-corrected chi connectivity index (χ0v) is 23.8. The van der Waals surface area contributed by atoms with Gasteiger partial charge in [-0.25, -0.2) is 0 Å². The molecule has 1 fully saturated rings. The standard InChI is InChI=1S/C31H41N3O4S/c1-2-3-4-5-6-7-16-37-29(35)21-27-20-26-19-25(12-13-28(26)38-31(27)32)30(36)24-10-8-23(9-11-24)22-33-34-14-17-39-18-15-34/h8-13,19,22,27,31H,2-7,14-18,20-21,32H2,1H3. The van der Waals surface area contributed by atoms with Crippen molar-refractivity contribution in [2.45, 2.75) is 64.5 Å². The lowest BCUT2D eigenvalue weighted by Crippen LogP contribution is -2.41. The molecule has 4 rings (SSSR count). The third kappa shape index (κ3) is 8.83. The lowest BCUT2D eigenvalue weighted by Gasteiger charge is -2.30. The van der Waals surface area contributed by atoms with E-state index in [0.29, 0.717) is 29.9 Å². The highest BCUT2D eigenvalue weighted by atomic mass is 32.2. The first-order valence-corrected chi connectivity index (χ1v) is 15.4. The topological polar surface area (TPSA) is 94.2 Å². The number of unbranched alkanes of at least 4 members (excludes halogenated alkanes) is 5. The van der Waals surface area contributed by atoms with Crippen LogP contribution in [0.1, 0.15) is 78.9 Å². The molecular formula is C31H41N3O4S. The second-order valence-electron chi connectivity index (χ2n) is 10.3. The van der Waals surface area contributed by atoms with Crippen molar-refractivity contribution in [3.05, 3.63) is 64.7 Å². The van der Waals surface area contributed by atoms with Crippen LogP contribution in [0, 0.1) is 5.92 Å². The lowest BCUT2D eigenvalue weighted by atomic mass is 9.90. The van der Waals surface area contributed by atoms with Crippen molar-refractivity contribution in [2.75, 3.05) is 31.2 Å². The Balaban J connectivity index is 1.30. The average molecular weight is 552 g/mol. The maximum Gasteiger partial charge on any atom is 0.306 e. The first-order chi connectivity index (χ1) is 19.0. The van der Waals surface area contributed by atoms with Gasteiger partial charge in [0.15, 0.2) is 12.0 Å². The molecule has 8 heteroatoms. The van der Waals surface area contributed by atoms with Gasteiger partial charge in [0, 0.05) is 41.6 Å². The fraction of sp³-hybridized carbons (Fsp3) is 0.516. The summed E-state index contributed by atoms with van der Waals surface area (Å²) in [6.45, 7) is 4.58. The van der Waals surface area contributed by atoms with Gasteiger partial charge in [0.2, 0.25) is 0 Å². The van der Waals surface area contributed by atoms with Gasteiger partial charge in [-0.3, -0.25) is 20.3 Å². The number of ketones is 1. The smallest absolute Gasteiger partial charge is 0.306 e. The quantitative estimate of drug-likeness (QED) is 0.154. The second-order valence-corrected chi connectivity index (χ2v) is 11.5.